The summed E-state index contributed by atoms with van der Waals surface area (Å²) in [5.41, 5.74) is 0. The van der Waals surface area contributed by atoms with E-state index in [1.165, 1.54) is 0 Å². The monoisotopic (exact) mass is 232 g/mol. The summed E-state index contributed by atoms with van der Waals surface area (Å²) in [5.74, 6) is -0.782. The maximum Gasteiger partial charge on any atom is 0.313 e. The van der Waals surface area contributed by atoms with Crippen LogP contribution >= 0.6 is 0 Å². The summed E-state index contributed by atoms with van der Waals surface area (Å²) in [4.78, 5) is 22.2. The van der Waals surface area contributed by atoms with Crippen LogP contribution in [0.3, 0.4) is 0 Å². The molecule has 0 aliphatic heterocycles. The first-order valence-corrected chi connectivity index (χ1v) is 5.46. The lowest BCUT2D eigenvalue weighted by Crippen LogP contribution is -2.22. The molecule has 0 radical (unpaired) electrons. The van der Waals surface area contributed by atoms with Gasteiger partial charge in [-0.25, -0.2) is 0 Å². The van der Waals surface area contributed by atoms with Crippen molar-refractivity contribution in [2.75, 3.05) is 26.4 Å². The molecule has 1 unspecified atom stereocenters. The van der Waals surface area contributed by atoms with E-state index in [2.05, 4.69) is 4.74 Å². The molecule has 1 atom stereocenters. The SMILES string of the molecule is CCOCC(C)OCC(=O)CC(=O)OCC. The molecule has 0 aromatic carbocycles. The molecular formula is C11H20O5. The normalized spacial score (nSPS) is 12.2. The minimum absolute atomic E-state index is 0.0763. The number of Topliss-reactive ketones (excluding diaryl/α,β-unsaturated/α-hetero) is 1. The zero-order valence-electron chi connectivity index (χ0n) is 10.2. The van der Waals surface area contributed by atoms with Gasteiger partial charge in [0.05, 0.1) is 19.3 Å². The average Bonchev–Trinajstić information content (AvgIpc) is 2.23. The second-order valence-electron chi connectivity index (χ2n) is 3.30. The highest BCUT2D eigenvalue weighted by Crippen LogP contribution is 1.95. The molecule has 0 aromatic heterocycles. The van der Waals surface area contributed by atoms with Crippen molar-refractivity contribution in [2.45, 2.75) is 33.3 Å². The highest BCUT2D eigenvalue weighted by Gasteiger charge is 2.12. The number of carbonyl (C=O) groups is 2. The molecule has 5 nitrogen and oxygen atoms in total. The van der Waals surface area contributed by atoms with Crippen LogP contribution in [0.25, 0.3) is 0 Å². The van der Waals surface area contributed by atoms with E-state index < -0.39 is 5.97 Å². The molecule has 0 saturated carbocycles. The number of ether oxygens (including phenoxy) is 3. The van der Waals surface area contributed by atoms with Crippen LogP contribution in [0.1, 0.15) is 27.2 Å². The van der Waals surface area contributed by atoms with Gasteiger partial charge in [0.1, 0.15) is 13.0 Å². The second-order valence-corrected chi connectivity index (χ2v) is 3.30. The third-order valence-electron chi connectivity index (χ3n) is 1.73. The molecule has 0 N–H and O–H groups in total. The Hall–Kier alpha value is -0.940. The molecule has 5 heteroatoms. The Bertz CT molecular complexity index is 214. The van der Waals surface area contributed by atoms with Crippen molar-refractivity contribution in [3.63, 3.8) is 0 Å². The van der Waals surface area contributed by atoms with E-state index in [1.54, 1.807) is 6.92 Å². The first-order chi connectivity index (χ1) is 7.60. The Morgan fingerprint density at radius 3 is 2.44 bits per heavy atom. The van der Waals surface area contributed by atoms with Gasteiger partial charge in [-0.05, 0) is 20.8 Å². The first-order valence-electron chi connectivity index (χ1n) is 5.46. The Kier molecular flexibility index (Phi) is 8.75. The van der Waals surface area contributed by atoms with Gasteiger partial charge in [0.2, 0.25) is 0 Å². The van der Waals surface area contributed by atoms with Crippen LogP contribution in [-0.2, 0) is 23.8 Å². The third-order valence-corrected chi connectivity index (χ3v) is 1.73. The highest BCUT2D eigenvalue weighted by atomic mass is 16.5. The second kappa shape index (κ2) is 9.30. The molecular weight excluding hydrogens is 212 g/mol. The Labute approximate surface area is 96.1 Å². The van der Waals surface area contributed by atoms with Crippen molar-refractivity contribution < 1.29 is 23.8 Å². The van der Waals surface area contributed by atoms with Gasteiger partial charge in [0, 0.05) is 6.61 Å². The largest absolute Gasteiger partial charge is 0.466 e. The lowest BCUT2D eigenvalue weighted by molar-refractivity contribution is -0.147. The molecule has 0 aliphatic rings. The van der Waals surface area contributed by atoms with Gasteiger partial charge in [-0.1, -0.05) is 0 Å². The van der Waals surface area contributed by atoms with E-state index in [9.17, 15) is 9.59 Å². The van der Waals surface area contributed by atoms with Crippen LogP contribution in [0.5, 0.6) is 0 Å². The fraction of sp³-hybridized carbons (Fsp3) is 0.818. The predicted molar refractivity (Wildman–Crippen MR) is 58.2 cm³/mol. The Morgan fingerprint density at radius 2 is 1.88 bits per heavy atom. The predicted octanol–water partition coefficient (Wildman–Crippen LogP) is 0.950. The van der Waals surface area contributed by atoms with E-state index in [1.807, 2.05) is 13.8 Å². The standard InChI is InChI=1S/C11H20O5/c1-4-14-7-9(3)16-8-10(12)6-11(13)15-5-2/h9H,4-8H2,1-3H3. The van der Waals surface area contributed by atoms with E-state index in [0.29, 0.717) is 13.2 Å². The quantitative estimate of drug-likeness (QED) is 0.437. The van der Waals surface area contributed by atoms with Crippen LogP contribution in [0, 0.1) is 0 Å². The third kappa shape index (κ3) is 8.38. The topological polar surface area (TPSA) is 61.8 Å². The van der Waals surface area contributed by atoms with Crippen LogP contribution in [0.4, 0.5) is 0 Å². The fourth-order valence-corrected chi connectivity index (χ4v) is 0.991. The maximum absolute atomic E-state index is 11.2. The minimum Gasteiger partial charge on any atom is -0.466 e. The van der Waals surface area contributed by atoms with Crippen molar-refractivity contribution in [1.82, 2.24) is 0 Å². The summed E-state index contributed by atoms with van der Waals surface area (Å²) < 4.78 is 15.0. The van der Waals surface area contributed by atoms with Crippen molar-refractivity contribution in [1.29, 1.82) is 0 Å². The van der Waals surface area contributed by atoms with Gasteiger partial charge < -0.3 is 14.2 Å². The number of hydrogen-bond donors (Lipinski definition) is 0. The molecule has 94 valence electrons. The molecule has 0 saturated heterocycles. The van der Waals surface area contributed by atoms with E-state index in [-0.39, 0.29) is 31.5 Å². The smallest absolute Gasteiger partial charge is 0.313 e. The number of carbonyl (C=O) groups excluding carboxylic acids is 2. The number of rotatable bonds is 9. The molecule has 0 aliphatic carbocycles. The Morgan fingerprint density at radius 1 is 1.19 bits per heavy atom. The molecule has 0 rings (SSSR count). The van der Waals surface area contributed by atoms with E-state index in [0.717, 1.165) is 0 Å². The summed E-state index contributed by atoms with van der Waals surface area (Å²) >= 11 is 0. The van der Waals surface area contributed by atoms with Crippen molar-refractivity contribution in [2.24, 2.45) is 0 Å². The molecule has 0 fully saturated rings. The number of ketones is 1. The molecule has 0 spiro atoms. The molecule has 0 amide bonds. The highest BCUT2D eigenvalue weighted by molar-refractivity contribution is 5.96. The Balaban J connectivity index is 3.60. The molecule has 0 bridgehead atoms. The summed E-state index contributed by atoms with van der Waals surface area (Å²) in [6.45, 7) is 6.67. The zero-order valence-corrected chi connectivity index (χ0v) is 10.2. The van der Waals surface area contributed by atoms with Gasteiger partial charge in [0.15, 0.2) is 5.78 Å². The van der Waals surface area contributed by atoms with Crippen LogP contribution in [0.2, 0.25) is 0 Å². The number of esters is 1. The minimum atomic E-state index is -0.506. The van der Waals surface area contributed by atoms with Gasteiger partial charge in [-0.2, -0.15) is 0 Å². The van der Waals surface area contributed by atoms with Gasteiger partial charge in [-0.3, -0.25) is 9.59 Å². The molecule has 16 heavy (non-hydrogen) atoms. The summed E-state index contributed by atoms with van der Waals surface area (Å²) in [6.07, 6.45) is -0.374. The summed E-state index contributed by atoms with van der Waals surface area (Å²) in [6, 6.07) is 0. The van der Waals surface area contributed by atoms with Crippen LogP contribution in [-0.4, -0.2) is 44.3 Å². The summed E-state index contributed by atoms with van der Waals surface area (Å²) in [5, 5.41) is 0. The maximum atomic E-state index is 11.2. The van der Waals surface area contributed by atoms with E-state index >= 15 is 0 Å². The lowest BCUT2D eigenvalue weighted by atomic mass is 10.3. The van der Waals surface area contributed by atoms with E-state index in [4.69, 9.17) is 9.47 Å². The fourth-order valence-electron chi connectivity index (χ4n) is 0.991. The first kappa shape index (κ1) is 15.1. The van der Waals surface area contributed by atoms with Crippen molar-refractivity contribution in [3.8, 4) is 0 Å². The van der Waals surface area contributed by atoms with Gasteiger partial charge in [-0.15, -0.1) is 0 Å². The summed E-state index contributed by atoms with van der Waals surface area (Å²) in [7, 11) is 0. The van der Waals surface area contributed by atoms with Gasteiger partial charge in [0.25, 0.3) is 0 Å². The van der Waals surface area contributed by atoms with Crippen molar-refractivity contribution in [3.05, 3.63) is 0 Å². The molecule has 0 aromatic rings. The molecule has 0 heterocycles. The van der Waals surface area contributed by atoms with Crippen LogP contribution < -0.4 is 0 Å². The average molecular weight is 232 g/mol. The number of hydrogen-bond acceptors (Lipinski definition) is 5. The van der Waals surface area contributed by atoms with Crippen molar-refractivity contribution >= 4 is 11.8 Å². The van der Waals surface area contributed by atoms with Crippen LogP contribution in [0.15, 0.2) is 0 Å². The zero-order chi connectivity index (χ0) is 12.4. The van der Waals surface area contributed by atoms with Gasteiger partial charge >= 0.3 is 5.97 Å². The lowest BCUT2D eigenvalue weighted by Gasteiger charge is -2.11.